The van der Waals surface area contributed by atoms with Crippen molar-refractivity contribution in [3.05, 3.63) is 46.2 Å². The van der Waals surface area contributed by atoms with Crippen LogP contribution in [0.4, 0.5) is 0 Å². The minimum absolute atomic E-state index is 0.0639. The second-order valence-corrected chi connectivity index (χ2v) is 6.41. The first kappa shape index (κ1) is 20.5. The number of thiophene rings is 1. The molecular formula is C20H22O6S. The molecule has 1 heterocycles. The van der Waals surface area contributed by atoms with Crippen molar-refractivity contribution in [2.45, 2.75) is 12.8 Å². The van der Waals surface area contributed by atoms with Crippen LogP contribution in [0.2, 0.25) is 0 Å². The van der Waals surface area contributed by atoms with E-state index in [1.165, 1.54) is 38.7 Å². The minimum Gasteiger partial charge on any atom is -0.493 e. The number of rotatable bonds is 10. The van der Waals surface area contributed by atoms with E-state index in [2.05, 4.69) is 0 Å². The van der Waals surface area contributed by atoms with Crippen LogP contribution in [0.15, 0.2) is 35.7 Å². The van der Waals surface area contributed by atoms with Crippen molar-refractivity contribution < 1.29 is 28.5 Å². The van der Waals surface area contributed by atoms with Crippen molar-refractivity contribution in [1.82, 2.24) is 0 Å². The number of hydrogen-bond donors (Lipinski definition) is 0. The van der Waals surface area contributed by atoms with Crippen molar-refractivity contribution in [3.8, 4) is 17.2 Å². The Balaban J connectivity index is 1.86. The molecule has 2 rings (SSSR count). The molecule has 0 radical (unpaired) electrons. The summed E-state index contributed by atoms with van der Waals surface area (Å²) in [5.41, 5.74) is 0.703. The van der Waals surface area contributed by atoms with E-state index in [-0.39, 0.29) is 12.4 Å². The summed E-state index contributed by atoms with van der Waals surface area (Å²) in [4.78, 5) is 24.4. The van der Waals surface area contributed by atoms with Crippen LogP contribution >= 0.6 is 11.3 Å². The molecule has 0 fully saturated rings. The van der Waals surface area contributed by atoms with Gasteiger partial charge in [-0.3, -0.25) is 4.79 Å². The van der Waals surface area contributed by atoms with Crippen LogP contribution in [0.5, 0.6) is 17.2 Å². The average molecular weight is 390 g/mol. The molecule has 0 atom stereocenters. The molecule has 0 aliphatic heterocycles. The molecule has 144 valence electrons. The van der Waals surface area contributed by atoms with E-state index in [9.17, 15) is 9.59 Å². The summed E-state index contributed by atoms with van der Waals surface area (Å²) in [6, 6.07) is 7.08. The number of esters is 1. The summed E-state index contributed by atoms with van der Waals surface area (Å²) in [6.07, 6.45) is 3.76. The van der Waals surface area contributed by atoms with Crippen LogP contribution in [-0.2, 0) is 9.53 Å². The molecule has 2 aromatic rings. The van der Waals surface area contributed by atoms with Crippen LogP contribution in [0, 0.1) is 0 Å². The third-order valence-corrected chi connectivity index (χ3v) is 4.60. The van der Waals surface area contributed by atoms with Gasteiger partial charge in [0.25, 0.3) is 0 Å². The number of carbonyl (C=O) groups excluding carboxylic acids is 2. The summed E-state index contributed by atoms with van der Waals surface area (Å²) in [6.45, 7) is 0.190. The number of benzene rings is 1. The zero-order valence-corrected chi connectivity index (χ0v) is 16.3. The Morgan fingerprint density at radius 2 is 1.78 bits per heavy atom. The minimum atomic E-state index is -0.479. The van der Waals surface area contributed by atoms with Crippen LogP contribution in [0.25, 0.3) is 6.08 Å². The molecule has 0 bridgehead atoms. The number of ether oxygens (including phenoxy) is 4. The molecule has 0 aliphatic rings. The van der Waals surface area contributed by atoms with Crippen LogP contribution in [0.3, 0.4) is 0 Å². The first-order valence-corrected chi connectivity index (χ1v) is 9.18. The highest BCUT2D eigenvalue weighted by molar-refractivity contribution is 7.12. The van der Waals surface area contributed by atoms with E-state index in [4.69, 9.17) is 18.9 Å². The third kappa shape index (κ3) is 5.86. The highest BCUT2D eigenvalue weighted by Crippen LogP contribution is 2.38. The standard InChI is InChI=1S/C20H22O6S/c1-23-16-12-14(13-17(24-2)20(16)25-3)8-9-19(22)26-10-4-6-15(21)18-7-5-11-27-18/h5,7-9,11-13H,4,6,10H2,1-3H3/b9-8+. The lowest BCUT2D eigenvalue weighted by atomic mass is 10.1. The molecule has 0 saturated heterocycles. The van der Waals surface area contributed by atoms with Gasteiger partial charge in [0.15, 0.2) is 17.3 Å². The fraction of sp³-hybridized carbons (Fsp3) is 0.300. The maximum atomic E-state index is 11.9. The van der Waals surface area contributed by atoms with Crippen molar-refractivity contribution in [1.29, 1.82) is 0 Å². The van der Waals surface area contributed by atoms with E-state index < -0.39 is 5.97 Å². The van der Waals surface area contributed by atoms with Gasteiger partial charge in [0, 0.05) is 12.5 Å². The van der Waals surface area contributed by atoms with Crippen molar-refractivity contribution >= 4 is 29.2 Å². The topological polar surface area (TPSA) is 71.1 Å². The molecule has 0 spiro atoms. The Morgan fingerprint density at radius 3 is 2.33 bits per heavy atom. The predicted octanol–water partition coefficient (Wildman–Crippen LogP) is 3.99. The van der Waals surface area contributed by atoms with Gasteiger partial charge in [0.2, 0.25) is 5.75 Å². The SMILES string of the molecule is COc1cc(/C=C/C(=O)OCCCC(=O)c2cccs2)cc(OC)c1OC. The fourth-order valence-electron chi connectivity index (χ4n) is 2.38. The fourth-order valence-corrected chi connectivity index (χ4v) is 3.07. The Kier molecular flexibility index (Phi) is 7.88. The number of ketones is 1. The first-order chi connectivity index (χ1) is 13.1. The number of hydrogen-bond acceptors (Lipinski definition) is 7. The second kappa shape index (κ2) is 10.4. The number of Topliss-reactive ketones (excluding diaryl/α,β-unsaturated/α-hetero) is 1. The van der Waals surface area contributed by atoms with Gasteiger partial charge in [-0.05, 0) is 41.6 Å². The Morgan fingerprint density at radius 1 is 1.07 bits per heavy atom. The Labute approximate surface area is 162 Å². The largest absolute Gasteiger partial charge is 0.493 e. The highest BCUT2D eigenvalue weighted by Gasteiger charge is 2.12. The second-order valence-electron chi connectivity index (χ2n) is 5.46. The number of methoxy groups -OCH3 is 3. The third-order valence-electron chi connectivity index (χ3n) is 3.69. The lowest BCUT2D eigenvalue weighted by Crippen LogP contribution is -2.05. The molecule has 0 N–H and O–H groups in total. The van der Waals surface area contributed by atoms with Crippen LogP contribution < -0.4 is 14.2 Å². The molecule has 1 aromatic heterocycles. The average Bonchev–Trinajstić information content (AvgIpc) is 3.23. The van der Waals surface area contributed by atoms with Crippen LogP contribution in [-0.4, -0.2) is 39.7 Å². The molecular weight excluding hydrogens is 368 g/mol. The molecule has 0 amide bonds. The summed E-state index contributed by atoms with van der Waals surface area (Å²) >= 11 is 1.41. The van der Waals surface area contributed by atoms with Gasteiger partial charge in [-0.1, -0.05) is 6.07 Å². The quantitative estimate of drug-likeness (QED) is 0.264. The maximum Gasteiger partial charge on any atom is 0.330 e. The molecule has 6 nitrogen and oxygen atoms in total. The lowest BCUT2D eigenvalue weighted by molar-refractivity contribution is -0.137. The summed E-state index contributed by atoms with van der Waals surface area (Å²) in [5.74, 6) is 1.06. The van der Waals surface area contributed by atoms with E-state index in [0.29, 0.717) is 35.7 Å². The highest BCUT2D eigenvalue weighted by atomic mass is 32.1. The first-order valence-electron chi connectivity index (χ1n) is 8.30. The van der Waals surface area contributed by atoms with Gasteiger partial charge in [0.1, 0.15) is 0 Å². The normalized spacial score (nSPS) is 10.6. The van der Waals surface area contributed by atoms with Gasteiger partial charge < -0.3 is 18.9 Å². The molecule has 0 aliphatic carbocycles. The van der Waals surface area contributed by atoms with Gasteiger partial charge in [-0.25, -0.2) is 4.79 Å². The summed E-state index contributed by atoms with van der Waals surface area (Å²) in [7, 11) is 4.57. The molecule has 0 saturated carbocycles. The van der Waals surface area contributed by atoms with Gasteiger partial charge in [-0.15, -0.1) is 11.3 Å². The zero-order valence-electron chi connectivity index (χ0n) is 15.5. The summed E-state index contributed by atoms with van der Waals surface area (Å²) in [5, 5.41) is 1.86. The Bertz CT molecular complexity index is 770. The maximum absolute atomic E-state index is 11.9. The van der Waals surface area contributed by atoms with Crippen molar-refractivity contribution in [3.63, 3.8) is 0 Å². The van der Waals surface area contributed by atoms with E-state index in [0.717, 1.165) is 4.88 Å². The Hall–Kier alpha value is -2.80. The molecule has 27 heavy (non-hydrogen) atoms. The lowest BCUT2D eigenvalue weighted by Gasteiger charge is -2.12. The number of carbonyl (C=O) groups is 2. The van der Waals surface area contributed by atoms with Gasteiger partial charge >= 0.3 is 5.97 Å². The van der Waals surface area contributed by atoms with Crippen molar-refractivity contribution in [2.75, 3.05) is 27.9 Å². The smallest absolute Gasteiger partial charge is 0.330 e. The van der Waals surface area contributed by atoms with E-state index in [1.54, 1.807) is 24.3 Å². The van der Waals surface area contributed by atoms with Crippen LogP contribution in [0.1, 0.15) is 28.1 Å². The van der Waals surface area contributed by atoms with E-state index >= 15 is 0 Å². The molecule has 7 heteroatoms. The van der Waals surface area contributed by atoms with Crippen molar-refractivity contribution in [2.24, 2.45) is 0 Å². The zero-order chi connectivity index (χ0) is 19.6. The monoisotopic (exact) mass is 390 g/mol. The van der Waals surface area contributed by atoms with Gasteiger partial charge in [0.05, 0.1) is 32.8 Å². The molecule has 0 unspecified atom stereocenters. The van der Waals surface area contributed by atoms with Gasteiger partial charge in [-0.2, -0.15) is 0 Å². The summed E-state index contributed by atoms with van der Waals surface area (Å²) < 4.78 is 20.9. The molecule has 1 aromatic carbocycles. The predicted molar refractivity (Wildman–Crippen MR) is 104 cm³/mol. The van der Waals surface area contributed by atoms with E-state index in [1.807, 2.05) is 11.4 Å².